The van der Waals surface area contributed by atoms with Gasteiger partial charge in [-0.25, -0.2) is 9.97 Å². The monoisotopic (exact) mass is 244 g/mol. The summed E-state index contributed by atoms with van der Waals surface area (Å²) < 4.78 is 5.45. The van der Waals surface area contributed by atoms with E-state index in [0.29, 0.717) is 18.4 Å². The summed E-state index contributed by atoms with van der Waals surface area (Å²) in [6.07, 6.45) is 0. The smallest absolute Gasteiger partial charge is 0.251 e. The quantitative estimate of drug-likeness (QED) is 0.664. The number of aryl methyl sites for hydroxylation is 1. The van der Waals surface area contributed by atoms with Crippen LogP contribution < -0.4 is 10.5 Å². The van der Waals surface area contributed by atoms with Crippen LogP contribution in [0.2, 0.25) is 0 Å². The van der Waals surface area contributed by atoms with Gasteiger partial charge in [0.05, 0.1) is 23.7 Å². The van der Waals surface area contributed by atoms with Gasteiger partial charge in [0.15, 0.2) is 0 Å². The third-order valence-corrected chi connectivity index (χ3v) is 2.43. The minimum absolute atomic E-state index is 0.383. The lowest BCUT2D eigenvalue weighted by Crippen LogP contribution is -2.05. The Labute approximate surface area is 106 Å². The molecule has 0 saturated heterocycles. The van der Waals surface area contributed by atoms with E-state index in [4.69, 9.17) is 10.5 Å². The maximum Gasteiger partial charge on any atom is 0.251 e. The van der Waals surface area contributed by atoms with Crippen molar-refractivity contribution in [3.05, 3.63) is 23.9 Å². The Morgan fingerprint density at radius 3 is 2.83 bits per heavy atom. The number of fused-ring (bicyclic) bond motifs is 1. The standard InChI is InChI=1S/C13H16N4O/c1-4-18-10-5-6-11-8(2)15-13(16-9(3)14)17-12(11)7-10/h5-7H,4H2,1-3H3,(H2,14,15,16,17). The van der Waals surface area contributed by atoms with E-state index >= 15 is 0 Å². The topological polar surface area (TPSA) is 73.4 Å². The van der Waals surface area contributed by atoms with Crippen molar-refractivity contribution in [2.75, 3.05) is 6.61 Å². The molecule has 1 aromatic heterocycles. The molecule has 5 nitrogen and oxygen atoms in total. The molecular formula is C13H16N4O. The van der Waals surface area contributed by atoms with E-state index in [1.54, 1.807) is 6.92 Å². The van der Waals surface area contributed by atoms with E-state index in [1.807, 2.05) is 32.0 Å². The van der Waals surface area contributed by atoms with Crippen LogP contribution in [0.5, 0.6) is 5.75 Å². The summed E-state index contributed by atoms with van der Waals surface area (Å²) in [4.78, 5) is 12.7. The van der Waals surface area contributed by atoms with Crippen molar-refractivity contribution >= 4 is 22.7 Å². The number of ether oxygens (including phenoxy) is 1. The molecule has 0 aliphatic heterocycles. The molecule has 5 heteroatoms. The highest BCUT2D eigenvalue weighted by molar-refractivity contribution is 5.84. The largest absolute Gasteiger partial charge is 0.494 e. The van der Waals surface area contributed by atoms with Crippen LogP contribution in [-0.2, 0) is 0 Å². The van der Waals surface area contributed by atoms with Crippen molar-refractivity contribution in [1.29, 1.82) is 0 Å². The van der Waals surface area contributed by atoms with Crippen LogP contribution in [0.25, 0.3) is 10.9 Å². The molecule has 0 spiro atoms. The van der Waals surface area contributed by atoms with E-state index in [1.165, 1.54) is 0 Å². The lowest BCUT2D eigenvalue weighted by atomic mass is 10.2. The van der Waals surface area contributed by atoms with Crippen LogP contribution in [0.4, 0.5) is 5.95 Å². The van der Waals surface area contributed by atoms with Gasteiger partial charge >= 0.3 is 0 Å². The zero-order valence-electron chi connectivity index (χ0n) is 10.8. The fourth-order valence-corrected chi connectivity index (χ4v) is 1.72. The lowest BCUT2D eigenvalue weighted by Gasteiger charge is -2.06. The Morgan fingerprint density at radius 2 is 2.17 bits per heavy atom. The normalized spacial score (nSPS) is 11.8. The molecule has 2 aromatic rings. The molecular weight excluding hydrogens is 228 g/mol. The van der Waals surface area contributed by atoms with E-state index in [0.717, 1.165) is 22.3 Å². The van der Waals surface area contributed by atoms with Gasteiger partial charge in [-0.1, -0.05) is 0 Å². The van der Waals surface area contributed by atoms with Gasteiger partial charge in [0.1, 0.15) is 5.75 Å². The first-order chi connectivity index (χ1) is 8.60. The molecule has 0 amide bonds. The minimum atomic E-state index is 0.383. The Balaban J connectivity index is 2.57. The fourth-order valence-electron chi connectivity index (χ4n) is 1.72. The summed E-state index contributed by atoms with van der Waals surface area (Å²) in [7, 11) is 0. The number of rotatable bonds is 3. The van der Waals surface area contributed by atoms with Crippen LogP contribution >= 0.6 is 0 Å². The van der Waals surface area contributed by atoms with Gasteiger partial charge in [0, 0.05) is 11.5 Å². The van der Waals surface area contributed by atoms with Crippen molar-refractivity contribution < 1.29 is 4.74 Å². The van der Waals surface area contributed by atoms with E-state index in [9.17, 15) is 0 Å². The first-order valence-electron chi connectivity index (χ1n) is 5.82. The molecule has 18 heavy (non-hydrogen) atoms. The van der Waals surface area contributed by atoms with Gasteiger partial charge < -0.3 is 10.5 Å². The summed E-state index contributed by atoms with van der Waals surface area (Å²) in [5, 5.41) is 0.993. The molecule has 2 rings (SSSR count). The van der Waals surface area contributed by atoms with Gasteiger partial charge in [-0.3, -0.25) is 0 Å². The molecule has 0 aliphatic carbocycles. The van der Waals surface area contributed by atoms with Crippen molar-refractivity contribution in [3.63, 3.8) is 0 Å². The van der Waals surface area contributed by atoms with E-state index in [-0.39, 0.29) is 0 Å². The Hall–Kier alpha value is -2.17. The van der Waals surface area contributed by atoms with Crippen LogP contribution in [0.15, 0.2) is 23.2 Å². The predicted molar refractivity (Wildman–Crippen MR) is 72.4 cm³/mol. The third-order valence-electron chi connectivity index (χ3n) is 2.43. The highest BCUT2D eigenvalue weighted by atomic mass is 16.5. The summed E-state index contributed by atoms with van der Waals surface area (Å²) in [6.45, 7) is 6.21. The van der Waals surface area contributed by atoms with E-state index in [2.05, 4.69) is 15.0 Å². The fraction of sp³-hybridized carbons (Fsp3) is 0.308. The highest BCUT2D eigenvalue weighted by Crippen LogP contribution is 2.23. The number of amidine groups is 1. The Bertz CT molecular complexity index is 603. The molecule has 0 radical (unpaired) electrons. The van der Waals surface area contributed by atoms with Gasteiger partial charge in [0.25, 0.3) is 5.95 Å². The first kappa shape index (κ1) is 12.3. The lowest BCUT2D eigenvalue weighted by molar-refractivity contribution is 0.340. The zero-order chi connectivity index (χ0) is 13.1. The van der Waals surface area contributed by atoms with Crippen molar-refractivity contribution in [3.8, 4) is 5.75 Å². The zero-order valence-corrected chi connectivity index (χ0v) is 10.8. The Kier molecular flexibility index (Phi) is 3.41. The van der Waals surface area contributed by atoms with Gasteiger partial charge in [-0.05, 0) is 32.9 Å². The average molecular weight is 244 g/mol. The molecule has 2 N–H and O–H groups in total. The van der Waals surface area contributed by atoms with Crippen molar-refractivity contribution in [1.82, 2.24) is 9.97 Å². The van der Waals surface area contributed by atoms with Crippen molar-refractivity contribution in [2.24, 2.45) is 10.7 Å². The molecule has 0 aliphatic rings. The molecule has 0 bridgehead atoms. The molecule has 0 fully saturated rings. The summed E-state index contributed by atoms with van der Waals surface area (Å²) in [5.41, 5.74) is 7.23. The van der Waals surface area contributed by atoms with Gasteiger partial charge in [0.2, 0.25) is 0 Å². The number of aromatic nitrogens is 2. The SMILES string of the molecule is CCOc1ccc2c(C)nc(N=C(C)N)nc2c1. The van der Waals surface area contributed by atoms with E-state index < -0.39 is 0 Å². The number of aliphatic imine (C=N–C) groups is 1. The van der Waals surface area contributed by atoms with Gasteiger partial charge in [-0.15, -0.1) is 0 Å². The summed E-state index contributed by atoms with van der Waals surface area (Å²) >= 11 is 0. The molecule has 0 unspecified atom stereocenters. The highest BCUT2D eigenvalue weighted by Gasteiger charge is 2.05. The molecule has 0 saturated carbocycles. The average Bonchev–Trinajstić information content (AvgIpc) is 2.28. The van der Waals surface area contributed by atoms with Gasteiger partial charge in [-0.2, -0.15) is 4.99 Å². The second kappa shape index (κ2) is 5.00. The van der Waals surface area contributed by atoms with Crippen LogP contribution in [-0.4, -0.2) is 22.4 Å². The van der Waals surface area contributed by atoms with Crippen LogP contribution in [0, 0.1) is 6.92 Å². The maximum atomic E-state index is 5.54. The summed E-state index contributed by atoms with van der Waals surface area (Å²) in [5.74, 6) is 1.62. The van der Waals surface area contributed by atoms with Crippen LogP contribution in [0.3, 0.4) is 0 Å². The number of hydrogen-bond acceptors (Lipinski definition) is 4. The molecule has 1 aromatic carbocycles. The first-order valence-corrected chi connectivity index (χ1v) is 5.82. The minimum Gasteiger partial charge on any atom is -0.494 e. The molecule has 1 heterocycles. The number of hydrogen-bond donors (Lipinski definition) is 1. The third kappa shape index (κ3) is 2.56. The maximum absolute atomic E-state index is 5.54. The number of nitrogens with two attached hydrogens (primary N) is 1. The second-order valence-electron chi connectivity index (χ2n) is 3.97. The van der Waals surface area contributed by atoms with Crippen molar-refractivity contribution in [2.45, 2.75) is 20.8 Å². The Morgan fingerprint density at radius 1 is 1.39 bits per heavy atom. The van der Waals surface area contributed by atoms with Crippen LogP contribution in [0.1, 0.15) is 19.5 Å². The predicted octanol–water partition coefficient (Wildman–Crippen LogP) is 2.35. The number of nitrogens with zero attached hydrogens (tertiary/aromatic N) is 3. The second-order valence-corrected chi connectivity index (χ2v) is 3.97. The molecule has 0 atom stereocenters. The number of benzene rings is 1. The molecule has 94 valence electrons. The summed E-state index contributed by atoms with van der Waals surface area (Å²) in [6, 6.07) is 5.76.